The maximum atomic E-state index is 11.7. The zero-order valence-electron chi connectivity index (χ0n) is 17.5. The van der Waals surface area contributed by atoms with Crippen LogP contribution < -0.4 is 0 Å². The maximum absolute atomic E-state index is 11.7. The van der Waals surface area contributed by atoms with Gasteiger partial charge in [0.15, 0.2) is 11.9 Å². The van der Waals surface area contributed by atoms with E-state index < -0.39 is 40.8 Å². The Morgan fingerprint density at radius 2 is 1.58 bits per heavy atom. The molecule has 2 aromatic carbocycles. The number of ether oxygens (including phenoxy) is 4. The van der Waals surface area contributed by atoms with E-state index in [1.807, 2.05) is 60.7 Å². The fourth-order valence-corrected chi connectivity index (χ4v) is 3.78. The average molecular weight is 453 g/mol. The molecule has 31 heavy (non-hydrogen) atoms. The van der Waals surface area contributed by atoms with Crippen LogP contribution in [0.3, 0.4) is 0 Å². The summed E-state index contributed by atoms with van der Waals surface area (Å²) >= 11 is 0. The minimum absolute atomic E-state index is 0.0354. The number of aliphatic hydroxyl groups excluding tert-OH is 1. The largest absolute Gasteiger partial charge is 0.385 e. The Bertz CT molecular complexity index is 906. The summed E-state index contributed by atoms with van der Waals surface area (Å²) in [6.45, 7) is 0.0168. The van der Waals surface area contributed by atoms with Gasteiger partial charge in [-0.1, -0.05) is 60.7 Å². The third kappa shape index (κ3) is 6.33. The molecule has 0 spiro atoms. The van der Waals surface area contributed by atoms with E-state index in [0.717, 1.165) is 17.4 Å². The Kier molecular flexibility index (Phi) is 8.17. The highest BCUT2D eigenvalue weighted by molar-refractivity contribution is 7.85. The average Bonchev–Trinajstić information content (AvgIpc) is 3.03. The highest BCUT2D eigenvalue weighted by atomic mass is 32.2. The molecule has 2 aromatic rings. The number of hydrogen-bond acceptors (Lipinski definition) is 8. The molecular weight excluding hydrogens is 424 g/mol. The van der Waals surface area contributed by atoms with Crippen LogP contribution in [-0.2, 0) is 46.5 Å². The molecule has 0 radical (unpaired) electrons. The van der Waals surface area contributed by atoms with Gasteiger partial charge in [0, 0.05) is 7.11 Å². The van der Waals surface area contributed by atoms with Gasteiger partial charge in [-0.2, -0.15) is 8.42 Å². The molecular formula is C22H28O8S. The molecule has 1 fully saturated rings. The number of rotatable bonds is 11. The Hall–Kier alpha value is -1.85. The lowest BCUT2D eigenvalue weighted by Gasteiger charge is -2.35. The van der Waals surface area contributed by atoms with Crippen molar-refractivity contribution < 1.29 is 36.7 Å². The van der Waals surface area contributed by atoms with Gasteiger partial charge in [-0.15, -0.1) is 0 Å². The van der Waals surface area contributed by atoms with Gasteiger partial charge in [0.2, 0.25) is 0 Å². The Morgan fingerprint density at radius 1 is 1.00 bits per heavy atom. The summed E-state index contributed by atoms with van der Waals surface area (Å²) in [5.74, 6) is 0. The normalized spacial score (nSPS) is 26.2. The van der Waals surface area contributed by atoms with Crippen LogP contribution in [0.25, 0.3) is 0 Å². The standard InChI is InChI=1S/C22H28O8S/c1-26-21-20(23)22(16-29-31(2,24)25,28-14-18-11-7-4-8-12-18)19(30-21)15-27-13-17-9-5-3-6-10-17/h3-12,19-21,23H,13-16H2,1-2H3/t19-,20+,21-,22-/m1/s1. The van der Waals surface area contributed by atoms with Crippen molar-refractivity contribution in [1.82, 2.24) is 0 Å². The topological polar surface area (TPSA) is 101 Å². The molecule has 4 atom stereocenters. The molecule has 0 unspecified atom stereocenters. The van der Waals surface area contributed by atoms with E-state index in [-0.39, 0.29) is 13.2 Å². The molecule has 3 rings (SSSR count). The summed E-state index contributed by atoms with van der Waals surface area (Å²) in [4.78, 5) is 0. The molecule has 0 saturated carbocycles. The van der Waals surface area contributed by atoms with Crippen molar-refractivity contribution in [2.45, 2.75) is 37.3 Å². The third-order valence-corrected chi connectivity index (χ3v) is 5.61. The molecule has 1 heterocycles. The summed E-state index contributed by atoms with van der Waals surface area (Å²) in [5.41, 5.74) is 0.293. The smallest absolute Gasteiger partial charge is 0.264 e. The van der Waals surface area contributed by atoms with E-state index in [1.54, 1.807) is 0 Å². The van der Waals surface area contributed by atoms with Crippen LogP contribution in [0.15, 0.2) is 60.7 Å². The molecule has 8 nitrogen and oxygen atoms in total. The predicted molar refractivity (Wildman–Crippen MR) is 113 cm³/mol. The van der Waals surface area contributed by atoms with Gasteiger partial charge in [-0.25, -0.2) is 0 Å². The first-order valence-electron chi connectivity index (χ1n) is 9.84. The van der Waals surface area contributed by atoms with Crippen molar-refractivity contribution in [3.05, 3.63) is 71.8 Å². The summed E-state index contributed by atoms with van der Waals surface area (Å²) in [6.07, 6.45) is -2.21. The molecule has 170 valence electrons. The highest BCUT2D eigenvalue weighted by Gasteiger charge is 2.58. The first-order valence-corrected chi connectivity index (χ1v) is 11.7. The van der Waals surface area contributed by atoms with E-state index in [4.69, 9.17) is 23.1 Å². The molecule has 0 aromatic heterocycles. The lowest BCUT2D eigenvalue weighted by molar-refractivity contribution is -0.166. The second-order valence-electron chi connectivity index (χ2n) is 7.37. The summed E-state index contributed by atoms with van der Waals surface area (Å²) in [5, 5.41) is 11.0. The van der Waals surface area contributed by atoms with Crippen molar-refractivity contribution in [2.24, 2.45) is 0 Å². The van der Waals surface area contributed by atoms with Gasteiger partial charge in [0.25, 0.3) is 10.1 Å². The molecule has 0 amide bonds. The van der Waals surface area contributed by atoms with Crippen LogP contribution in [-0.4, -0.2) is 64.2 Å². The van der Waals surface area contributed by atoms with Crippen LogP contribution in [0.4, 0.5) is 0 Å². The van der Waals surface area contributed by atoms with Gasteiger partial charge >= 0.3 is 0 Å². The molecule has 0 aliphatic carbocycles. The van der Waals surface area contributed by atoms with Crippen molar-refractivity contribution in [3.63, 3.8) is 0 Å². The van der Waals surface area contributed by atoms with Crippen LogP contribution >= 0.6 is 0 Å². The second kappa shape index (κ2) is 10.6. The lowest BCUT2D eigenvalue weighted by atomic mass is 9.93. The summed E-state index contributed by atoms with van der Waals surface area (Å²) in [7, 11) is -2.41. The van der Waals surface area contributed by atoms with E-state index in [2.05, 4.69) is 0 Å². The lowest BCUT2D eigenvalue weighted by Crippen LogP contribution is -2.55. The predicted octanol–water partition coefficient (Wildman–Crippen LogP) is 1.87. The quantitative estimate of drug-likeness (QED) is 0.516. The minimum atomic E-state index is -3.80. The van der Waals surface area contributed by atoms with Crippen LogP contribution in [0.1, 0.15) is 11.1 Å². The summed E-state index contributed by atoms with van der Waals surface area (Å²) in [6, 6.07) is 18.9. The van der Waals surface area contributed by atoms with Gasteiger partial charge < -0.3 is 24.1 Å². The van der Waals surface area contributed by atoms with Gasteiger partial charge in [0.1, 0.15) is 18.8 Å². The molecule has 1 saturated heterocycles. The van der Waals surface area contributed by atoms with Crippen molar-refractivity contribution in [2.75, 3.05) is 26.6 Å². The maximum Gasteiger partial charge on any atom is 0.264 e. The Morgan fingerprint density at radius 3 is 2.13 bits per heavy atom. The van der Waals surface area contributed by atoms with Crippen LogP contribution in [0, 0.1) is 0 Å². The van der Waals surface area contributed by atoms with Crippen molar-refractivity contribution in [1.29, 1.82) is 0 Å². The number of hydrogen-bond donors (Lipinski definition) is 1. The first-order chi connectivity index (χ1) is 14.8. The Labute approximate surface area is 182 Å². The highest BCUT2D eigenvalue weighted by Crippen LogP contribution is 2.37. The molecule has 0 bridgehead atoms. The minimum Gasteiger partial charge on any atom is -0.385 e. The van der Waals surface area contributed by atoms with E-state index in [1.165, 1.54) is 7.11 Å². The number of benzene rings is 2. The molecule has 1 aliphatic rings. The fourth-order valence-electron chi connectivity index (χ4n) is 3.38. The van der Waals surface area contributed by atoms with E-state index in [0.29, 0.717) is 6.61 Å². The first kappa shape index (κ1) is 23.8. The molecule has 1 N–H and O–H groups in total. The third-order valence-electron chi connectivity index (χ3n) is 5.06. The van der Waals surface area contributed by atoms with Crippen LogP contribution in [0.2, 0.25) is 0 Å². The summed E-state index contributed by atoms with van der Waals surface area (Å²) < 4.78 is 51.5. The SMILES string of the molecule is CO[C@@H]1O[C@H](COCc2ccccc2)[C@@](COS(C)(=O)=O)(OCc2ccccc2)[C@H]1O. The molecule has 1 aliphatic heterocycles. The second-order valence-corrected chi connectivity index (χ2v) is 9.01. The van der Waals surface area contributed by atoms with E-state index in [9.17, 15) is 13.5 Å². The number of methoxy groups -OCH3 is 1. The van der Waals surface area contributed by atoms with Gasteiger partial charge in [-0.3, -0.25) is 4.18 Å². The van der Waals surface area contributed by atoms with Crippen molar-refractivity contribution >= 4 is 10.1 Å². The zero-order chi connectivity index (χ0) is 22.3. The molecule has 9 heteroatoms. The van der Waals surface area contributed by atoms with Crippen LogP contribution in [0.5, 0.6) is 0 Å². The van der Waals surface area contributed by atoms with Gasteiger partial charge in [0.05, 0.1) is 26.1 Å². The van der Waals surface area contributed by atoms with Crippen molar-refractivity contribution in [3.8, 4) is 0 Å². The van der Waals surface area contributed by atoms with Gasteiger partial charge in [-0.05, 0) is 11.1 Å². The monoisotopic (exact) mass is 452 g/mol. The number of aliphatic hydroxyl groups is 1. The fraction of sp³-hybridized carbons (Fsp3) is 0.455. The zero-order valence-corrected chi connectivity index (χ0v) is 18.4. The Balaban J connectivity index is 1.80. The van der Waals surface area contributed by atoms with E-state index >= 15 is 0 Å².